The van der Waals surface area contributed by atoms with E-state index in [1.807, 2.05) is 13.2 Å². The van der Waals surface area contributed by atoms with Crippen LogP contribution in [-0.4, -0.2) is 61.7 Å². The molecule has 3 heterocycles. The predicted octanol–water partition coefficient (Wildman–Crippen LogP) is 1.75. The van der Waals surface area contributed by atoms with Gasteiger partial charge < -0.3 is 19.1 Å². The van der Waals surface area contributed by atoms with Gasteiger partial charge in [-0.2, -0.15) is 0 Å². The Balaban J connectivity index is 1.51. The summed E-state index contributed by atoms with van der Waals surface area (Å²) in [7, 11) is 3.75. The number of nitrogens with zero attached hydrogens (tertiary/aromatic N) is 3. The second-order valence-corrected chi connectivity index (χ2v) is 6.81. The van der Waals surface area contributed by atoms with E-state index in [1.165, 1.54) is 31.4 Å². The monoisotopic (exact) mass is 319 g/mol. The van der Waals surface area contributed by atoms with E-state index in [0.29, 0.717) is 19.1 Å². The van der Waals surface area contributed by atoms with Crippen LogP contribution < -0.4 is 4.90 Å². The molecule has 1 aliphatic carbocycles. The van der Waals surface area contributed by atoms with Gasteiger partial charge in [-0.25, -0.2) is 9.97 Å². The van der Waals surface area contributed by atoms with Gasteiger partial charge in [0.05, 0.1) is 19.3 Å². The van der Waals surface area contributed by atoms with Crippen LogP contribution in [0.2, 0.25) is 0 Å². The lowest BCUT2D eigenvalue weighted by Crippen LogP contribution is -2.43. The van der Waals surface area contributed by atoms with Crippen LogP contribution in [0.1, 0.15) is 37.3 Å². The van der Waals surface area contributed by atoms with E-state index in [4.69, 9.17) is 19.2 Å². The Morgan fingerprint density at radius 3 is 2.74 bits per heavy atom. The minimum Gasteiger partial charge on any atom is -0.376 e. The average Bonchev–Trinajstić information content (AvgIpc) is 3.31. The molecule has 126 valence electrons. The zero-order valence-electron chi connectivity index (χ0n) is 13.9. The molecule has 3 fully saturated rings. The summed E-state index contributed by atoms with van der Waals surface area (Å²) in [6, 6.07) is 2.20. The van der Waals surface area contributed by atoms with Gasteiger partial charge in [0.25, 0.3) is 0 Å². The van der Waals surface area contributed by atoms with Gasteiger partial charge in [-0.3, -0.25) is 0 Å². The molecular formula is C17H25N3O3. The first-order valence-electron chi connectivity index (χ1n) is 8.59. The van der Waals surface area contributed by atoms with Crippen LogP contribution in [-0.2, 0) is 14.2 Å². The molecule has 3 aliphatic rings. The normalized spacial score (nSPS) is 34.0. The SMILES string of the molecule is CO[C@@H]1CO[C@H]2[C@@H]1OC[C@@H]2N(C)c1nccc(C2CCCC2)n1. The molecular weight excluding hydrogens is 294 g/mol. The average molecular weight is 319 g/mol. The van der Waals surface area contributed by atoms with Crippen molar-refractivity contribution in [1.29, 1.82) is 0 Å². The number of likely N-dealkylation sites (N-methyl/N-ethyl adjacent to an activating group) is 1. The van der Waals surface area contributed by atoms with Crippen molar-refractivity contribution in [2.75, 3.05) is 32.3 Å². The van der Waals surface area contributed by atoms with Crippen LogP contribution in [0, 0.1) is 0 Å². The third-order valence-corrected chi connectivity index (χ3v) is 5.54. The third kappa shape index (κ3) is 2.73. The van der Waals surface area contributed by atoms with E-state index in [9.17, 15) is 0 Å². The van der Waals surface area contributed by atoms with Crippen LogP contribution >= 0.6 is 0 Å². The molecule has 0 radical (unpaired) electrons. The second kappa shape index (κ2) is 6.34. The Hall–Kier alpha value is -1.24. The molecule has 23 heavy (non-hydrogen) atoms. The fourth-order valence-electron chi connectivity index (χ4n) is 4.11. The van der Waals surface area contributed by atoms with Gasteiger partial charge in [-0.15, -0.1) is 0 Å². The molecule has 0 spiro atoms. The lowest BCUT2D eigenvalue weighted by atomic mass is 10.0. The lowest BCUT2D eigenvalue weighted by molar-refractivity contribution is -0.00783. The van der Waals surface area contributed by atoms with Crippen molar-refractivity contribution in [2.45, 2.75) is 56.0 Å². The fraction of sp³-hybridized carbons (Fsp3) is 0.765. The number of hydrogen-bond donors (Lipinski definition) is 0. The molecule has 4 atom stereocenters. The number of fused-ring (bicyclic) bond motifs is 1. The van der Waals surface area contributed by atoms with Crippen LogP contribution in [0.25, 0.3) is 0 Å². The summed E-state index contributed by atoms with van der Waals surface area (Å²) in [5, 5.41) is 0. The first kappa shape index (κ1) is 15.3. The molecule has 0 bridgehead atoms. The van der Waals surface area contributed by atoms with Crippen LogP contribution in [0.5, 0.6) is 0 Å². The molecule has 6 nitrogen and oxygen atoms in total. The van der Waals surface area contributed by atoms with Gasteiger partial charge in [0.15, 0.2) is 0 Å². The van der Waals surface area contributed by atoms with Gasteiger partial charge in [0.1, 0.15) is 18.3 Å². The van der Waals surface area contributed by atoms with Crippen molar-refractivity contribution >= 4 is 5.95 Å². The summed E-state index contributed by atoms with van der Waals surface area (Å²) in [6.45, 7) is 1.22. The van der Waals surface area contributed by atoms with Crippen molar-refractivity contribution in [1.82, 2.24) is 9.97 Å². The largest absolute Gasteiger partial charge is 0.376 e. The Labute approximate surface area is 137 Å². The number of ether oxygens (including phenoxy) is 3. The number of hydrogen-bond acceptors (Lipinski definition) is 6. The predicted molar refractivity (Wildman–Crippen MR) is 85.7 cm³/mol. The molecule has 4 rings (SSSR count). The topological polar surface area (TPSA) is 56.7 Å². The zero-order valence-corrected chi connectivity index (χ0v) is 13.9. The molecule has 1 saturated carbocycles. The van der Waals surface area contributed by atoms with Crippen molar-refractivity contribution in [2.24, 2.45) is 0 Å². The van der Waals surface area contributed by atoms with Gasteiger partial charge >= 0.3 is 0 Å². The maximum absolute atomic E-state index is 5.92. The molecule has 1 aromatic heterocycles. The highest BCUT2D eigenvalue weighted by molar-refractivity contribution is 5.33. The number of rotatable bonds is 4. The van der Waals surface area contributed by atoms with Gasteiger partial charge in [0, 0.05) is 32.0 Å². The second-order valence-electron chi connectivity index (χ2n) is 6.81. The van der Waals surface area contributed by atoms with Crippen LogP contribution in [0.3, 0.4) is 0 Å². The quantitative estimate of drug-likeness (QED) is 0.843. The first-order valence-corrected chi connectivity index (χ1v) is 8.59. The Morgan fingerprint density at radius 1 is 1.17 bits per heavy atom. The highest BCUT2D eigenvalue weighted by atomic mass is 16.6. The lowest BCUT2D eigenvalue weighted by Gasteiger charge is -2.27. The summed E-state index contributed by atoms with van der Waals surface area (Å²) in [6.07, 6.45) is 7.08. The molecule has 0 unspecified atom stereocenters. The summed E-state index contributed by atoms with van der Waals surface area (Å²) in [5.41, 5.74) is 1.18. The Morgan fingerprint density at radius 2 is 1.96 bits per heavy atom. The third-order valence-electron chi connectivity index (χ3n) is 5.54. The smallest absolute Gasteiger partial charge is 0.225 e. The van der Waals surface area contributed by atoms with Crippen LogP contribution in [0.15, 0.2) is 12.3 Å². The maximum Gasteiger partial charge on any atom is 0.225 e. The Bertz CT molecular complexity index is 550. The van der Waals surface area contributed by atoms with E-state index in [1.54, 1.807) is 7.11 Å². The van der Waals surface area contributed by atoms with E-state index >= 15 is 0 Å². The summed E-state index contributed by atoms with van der Waals surface area (Å²) >= 11 is 0. The molecule has 0 amide bonds. The molecule has 2 saturated heterocycles. The minimum atomic E-state index is 0.0189. The summed E-state index contributed by atoms with van der Waals surface area (Å²) < 4.78 is 17.3. The van der Waals surface area contributed by atoms with Crippen molar-refractivity contribution in [3.05, 3.63) is 18.0 Å². The Kier molecular flexibility index (Phi) is 4.22. The molecule has 2 aliphatic heterocycles. The maximum atomic E-state index is 5.92. The van der Waals surface area contributed by atoms with Gasteiger partial charge in [-0.1, -0.05) is 12.8 Å². The van der Waals surface area contributed by atoms with Crippen molar-refractivity contribution < 1.29 is 14.2 Å². The number of methoxy groups -OCH3 is 1. The minimum absolute atomic E-state index is 0.0189. The van der Waals surface area contributed by atoms with Crippen LogP contribution in [0.4, 0.5) is 5.95 Å². The molecule has 0 N–H and O–H groups in total. The highest BCUT2D eigenvalue weighted by Gasteiger charge is 2.49. The van der Waals surface area contributed by atoms with Crippen molar-refractivity contribution in [3.8, 4) is 0 Å². The van der Waals surface area contributed by atoms with Gasteiger partial charge in [0.2, 0.25) is 5.95 Å². The summed E-state index contributed by atoms with van der Waals surface area (Å²) in [5.74, 6) is 1.37. The van der Waals surface area contributed by atoms with Crippen molar-refractivity contribution in [3.63, 3.8) is 0 Å². The molecule has 6 heteroatoms. The number of anilines is 1. The summed E-state index contributed by atoms with van der Waals surface area (Å²) in [4.78, 5) is 11.4. The van der Waals surface area contributed by atoms with Gasteiger partial charge in [-0.05, 0) is 18.9 Å². The van der Waals surface area contributed by atoms with E-state index in [2.05, 4.69) is 16.0 Å². The first-order chi connectivity index (χ1) is 11.3. The highest BCUT2D eigenvalue weighted by Crippen LogP contribution is 2.35. The van der Waals surface area contributed by atoms with E-state index < -0.39 is 0 Å². The molecule has 0 aromatic carbocycles. The molecule has 1 aromatic rings. The van der Waals surface area contributed by atoms with E-state index in [0.717, 1.165) is 5.95 Å². The number of aromatic nitrogens is 2. The zero-order chi connectivity index (χ0) is 15.8. The van der Waals surface area contributed by atoms with E-state index in [-0.39, 0.29) is 24.4 Å². The standard InChI is InChI=1S/C17H25N3O3/c1-20(13-9-22-16-14(21-2)10-23-15(13)16)17-18-8-7-12(19-17)11-5-3-4-6-11/h7-8,11,13-16H,3-6,9-10H2,1-2H3/t13-,14+,15+,16+/m0/s1. The fourth-order valence-corrected chi connectivity index (χ4v) is 4.11.